The van der Waals surface area contributed by atoms with E-state index in [0.29, 0.717) is 36.3 Å². The second-order valence-electron chi connectivity index (χ2n) is 17.2. The Bertz CT molecular complexity index is 3230. The topological polar surface area (TPSA) is 312 Å². The number of alkyl halides is 9. The Morgan fingerprint density at radius 1 is 0.583 bits per heavy atom. The SMILES string of the molecule is CCOP(=O)(CC#N)OCC.COC1=C(C)C(=O)N(c2cc(C(F)(F)F)c(/C(C)=C/C#N)cn2)C1O.COC1=C(C)C(=O)N(c2cc(C(F)(F)F)c(/C(C)=C\C#N)cn2)C1O.COC1=C(C)C(=O)N(c2cc(C(F)(F)F)c(C(C)=O)cn2)C1O. The monoisotopic (exact) mass is 1210 g/mol. The van der Waals surface area contributed by atoms with Gasteiger partial charge in [0.05, 0.1) is 86.2 Å². The number of allylic oxidation sites excluding steroid dienone is 4. The number of ketones is 1. The van der Waals surface area contributed by atoms with E-state index in [1.807, 2.05) is 0 Å². The fraction of sp³-hybridized carbons (Fsp3) is 0.385. The maximum absolute atomic E-state index is 13.4. The number of ether oxygens (including phenoxy) is 3. The zero-order chi connectivity index (χ0) is 64.1. The smallest absolute Gasteiger partial charge is 0.417 e. The second kappa shape index (κ2) is 28.7. The van der Waals surface area contributed by atoms with Crippen molar-refractivity contribution in [2.45, 2.75) is 92.6 Å². The second-order valence-corrected chi connectivity index (χ2v) is 19.3. The van der Waals surface area contributed by atoms with Gasteiger partial charge in [-0.05, 0) is 84.7 Å². The van der Waals surface area contributed by atoms with Crippen LogP contribution in [0.3, 0.4) is 0 Å². The molecule has 3 atom stereocenters. The van der Waals surface area contributed by atoms with Crippen LogP contribution in [-0.2, 0) is 60.7 Å². The molecule has 32 heteroatoms. The molecule has 452 valence electrons. The Kier molecular flexibility index (Phi) is 23.8. The number of hydrogen-bond donors (Lipinski definition) is 3. The molecule has 3 amide bonds. The van der Waals surface area contributed by atoms with Gasteiger partial charge < -0.3 is 38.6 Å². The Labute approximate surface area is 473 Å². The zero-order valence-corrected chi connectivity index (χ0v) is 47.2. The Hall–Kier alpha value is -8.50. The van der Waals surface area contributed by atoms with Crippen molar-refractivity contribution in [3.63, 3.8) is 0 Å². The highest BCUT2D eigenvalue weighted by molar-refractivity contribution is 7.54. The minimum absolute atomic E-state index is 0.0509. The van der Waals surface area contributed by atoms with E-state index in [4.69, 9.17) is 39.0 Å². The summed E-state index contributed by atoms with van der Waals surface area (Å²) >= 11 is 0. The van der Waals surface area contributed by atoms with E-state index in [-0.39, 0.29) is 74.1 Å². The summed E-state index contributed by atoms with van der Waals surface area (Å²) in [4.78, 5) is 61.4. The standard InChI is InChI=1S/2C16H14F3N3O3.C14H13F3N2O4.C6H12NO3P/c2*1-8(4-5-20)10-7-21-12(6-11(10)16(17,18)19)22-14(23)9(2)13(25-3)15(22)24;1-6-11(23-3)13(22)19(12(6)21)10-4-9(14(15,16)17)8(5-18-10)7(2)20;1-3-9-11(8,6-5-7)10-4-2/h2*4,6-7,15,24H,1-3H3;4-5,13,22H,1-3H3;3-4,6H2,1-2H3/b8-4+;8-4-;;. The first-order valence-corrected chi connectivity index (χ1v) is 25.7. The van der Waals surface area contributed by atoms with Crippen molar-refractivity contribution in [3.05, 3.63) is 116 Å². The van der Waals surface area contributed by atoms with Crippen LogP contribution in [0.5, 0.6) is 0 Å². The predicted molar refractivity (Wildman–Crippen MR) is 277 cm³/mol. The third kappa shape index (κ3) is 15.8. The molecular formula is C52H53F9N9O13P. The number of halogens is 9. The molecule has 0 saturated heterocycles. The number of methoxy groups -OCH3 is 3. The van der Waals surface area contributed by atoms with Gasteiger partial charge in [0.1, 0.15) is 23.6 Å². The molecular weight excluding hydrogens is 1160 g/mol. The number of carbonyl (C=O) groups is 4. The van der Waals surface area contributed by atoms with Crippen LogP contribution < -0.4 is 14.7 Å². The molecule has 0 bridgehead atoms. The third-order valence-electron chi connectivity index (χ3n) is 11.9. The minimum Gasteiger partial charge on any atom is -0.496 e. The maximum atomic E-state index is 13.4. The molecule has 0 fully saturated rings. The predicted octanol–water partition coefficient (Wildman–Crippen LogP) is 8.89. The van der Waals surface area contributed by atoms with E-state index < -0.39 is 96.4 Å². The molecule has 3 aromatic rings. The first-order chi connectivity index (χ1) is 39.0. The summed E-state index contributed by atoms with van der Waals surface area (Å²) in [5.74, 6) is -4.29. The van der Waals surface area contributed by atoms with E-state index in [0.717, 1.165) is 47.5 Å². The number of hydrogen-bond acceptors (Lipinski definition) is 19. The lowest BCUT2D eigenvalue weighted by molar-refractivity contribution is -0.138. The summed E-state index contributed by atoms with van der Waals surface area (Å²) in [6.45, 7) is 11.9. The molecule has 6 rings (SSSR count). The molecule has 22 nitrogen and oxygen atoms in total. The van der Waals surface area contributed by atoms with Gasteiger partial charge in [0.2, 0.25) is 0 Å². The molecule has 3 aliphatic heterocycles. The molecule has 3 N–H and O–H groups in total. The molecule has 6 heterocycles. The largest absolute Gasteiger partial charge is 0.496 e. The normalized spacial score (nSPS) is 17.6. The molecule has 3 unspecified atom stereocenters. The summed E-state index contributed by atoms with van der Waals surface area (Å²) in [5, 5.41) is 55.9. The highest BCUT2D eigenvalue weighted by atomic mass is 31.2. The molecule has 0 saturated carbocycles. The van der Waals surface area contributed by atoms with Gasteiger partial charge in [0.25, 0.3) is 17.7 Å². The van der Waals surface area contributed by atoms with Crippen LogP contribution in [0.1, 0.15) is 93.6 Å². The number of nitrogens with zero attached hydrogens (tertiary/aromatic N) is 9. The molecule has 84 heavy (non-hydrogen) atoms. The van der Waals surface area contributed by atoms with Crippen molar-refractivity contribution in [1.29, 1.82) is 15.8 Å². The number of aromatic nitrogens is 3. The number of aliphatic hydroxyl groups is 3. The van der Waals surface area contributed by atoms with Crippen molar-refractivity contribution < 1.29 is 102 Å². The van der Waals surface area contributed by atoms with Crippen LogP contribution in [0.15, 0.2) is 82.9 Å². The van der Waals surface area contributed by atoms with Crippen molar-refractivity contribution in [2.75, 3.05) is 55.4 Å². The van der Waals surface area contributed by atoms with E-state index >= 15 is 0 Å². The van der Waals surface area contributed by atoms with Crippen LogP contribution in [0.4, 0.5) is 57.0 Å². The van der Waals surface area contributed by atoms with Crippen LogP contribution in [-0.4, -0.2) is 113 Å². The molecule has 3 aliphatic rings. The first kappa shape index (κ1) is 69.8. The minimum atomic E-state index is -4.81. The third-order valence-corrected chi connectivity index (χ3v) is 13.7. The fourth-order valence-electron chi connectivity index (χ4n) is 7.89. The van der Waals surface area contributed by atoms with Gasteiger partial charge >= 0.3 is 26.1 Å². The average Bonchev–Trinajstić information content (AvgIpc) is 2.44. The summed E-state index contributed by atoms with van der Waals surface area (Å²) in [6.07, 6.45) is -14.6. The number of nitriles is 3. The van der Waals surface area contributed by atoms with Gasteiger partial charge in [-0.15, -0.1) is 0 Å². The number of rotatable bonds is 14. The highest BCUT2D eigenvalue weighted by Crippen LogP contribution is 2.47. The first-order valence-electron chi connectivity index (χ1n) is 23.9. The van der Waals surface area contributed by atoms with Gasteiger partial charge in [-0.25, -0.2) is 15.0 Å². The van der Waals surface area contributed by atoms with Crippen LogP contribution in [0, 0.1) is 34.0 Å². The number of amides is 3. The number of carbonyl (C=O) groups excluding carboxylic acids is 4. The summed E-state index contributed by atoms with van der Waals surface area (Å²) in [7, 11) is 0.633. The lowest BCUT2D eigenvalue weighted by Crippen LogP contribution is -2.36. The highest BCUT2D eigenvalue weighted by Gasteiger charge is 2.45. The van der Waals surface area contributed by atoms with E-state index in [9.17, 15) is 78.6 Å². The van der Waals surface area contributed by atoms with E-state index in [2.05, 4.69) is 15.0 Å². The zero-order valence-electron chi connectivity index (χ0n) is 46.3. The lowest BCUT2D eigenvalue weighted by Gasteiger charge is -2.23. The van der Waals surface area contributed by atoms with Crippen molar-refractivity contribution in [1.82, 2.24) is 15.0 Å². The van der Waals surface area contributed by atoms with Crippen LogP contribution in [0.2, 0.25) is 0 Å². The molecule has 0 aliphatic carbocycles. The van der Waals surface area contributed by atoms with Gasteiger partial charge in [-0.3, -0.25) is 38.4 Å². The lowest BCUT2D eigenvalue weighted by atomic mass is 10.0. The van der Waals surface area contributed by atoms with Gasteiger partial charge in [0, 0.05) is 47.4 Å². The number of Topliss-reactive ketones (excluding diaryl/α,β-unsaturated/α-hetero) is 1. The van der Waals surface area contributed by atoms with Gasteiger partial charge in [0.15, 0.2) is 41.7 Å². The molecule has 0 spiro atoms. The Morgan fingerprint density at radius 3 is 1.07 bits per heavy atom. The van der Waals surface area contributed by atoms with Gasteiger partial charge in [-0.1, -0.05) is 0 Å². The molecule has 3 aromatic heterocycles. The quantitative estimate of drug-likeness (QED) is 0.0587. The maximum Gasteiger partial charge on any atom is 0.417 e. The Balaban J connectivity index is 0.000000304. The summed E-state index contributed by atoms with van der Waals surface area (Å²) in [5.41, 5.74) is -4.15. The van der Waals surface area contributed by atoms with Crippen molar-refractivity contribution >= 4 is 59.7 Å². The molecule has 0 radical (unpaired) electrons. The van der Waals surface area contributed by atoms with Crippen LogP contribution >= 0.6 is 7.60 Å². The number of pyridine rings is 3. The number of anilines is 3. The van der Waals surface area contributed by atoms with E-state index in [1.54, 1.807) is 32.1 Å². The van der Waals surface area contributed by atoms with E-state index in [1.165, 1.54) is 55.9 Å². The fourth-order valence-corrected chi connectivity index (χ4v) is 9.10. The summed E-state index contributed by atoms with van der Waals surface area (Å²) in [6, 6.07) is 6.98. The van der Waals surface area contributed by atoms with Crippen LogP contribution in [0.25, 0.3) is 11.1 Å². The summed E-state index contributed by atoms with van der Waals surface area (Å²) < 4.78 is 155. The Morgan fingerprint density at radius 2 is 0.857 bits per heavy atom. The number of aliphatic hydroxyl groups excluding tert-OH is 3. The van der Waals surface area contributed by atoms with Crippen molar-refractivity contribution in [3.8, 4) is 18.2 Å². The van der Waals surface area contributed by atoms with Gasteiger partial charge in [-0.2, -0.15) is 55.3 Å². The average molecular weight is 1210 g/mol. The van der Waals surface area contributed by atoms with Crippen molar-refractivity contribution in [2.24, 2.45) is 0 Å². The molecule has 0 aromatic carbocycles.